The highest BCUT2D eigenvalue weighted by molar-refractivity contribution is 9.10. The maximum Gasteiger partial charge on any atom is 0.339 e. The second-order valence-corrected chi connectivity index (χ2v) is 7.53. The van der Waals surface area contributed by atoms with Crippen LogP contribution in [0.2, 0.25) is 0 Å². The summed E-state index contributed by atoms with van der Waals surface area (Å²) in [4.78, 5) is 4.24. The first kappa shape index (κ1) is 19.7. The Labute approximate surface area is 180 Å². The van der Waals surface area contributed by atoms with E-state index in [-0.39, 0.29) is 17.0 Å². The molecule has 0 aliphatic heterocycles. The SMILES string of the molecule is Brc1ccc(-c2csc(Nc3ccccc3)[n+]2CCc2ncn[nH]2)cc1.[Br-]. The van der Waals surface area contributed by atoms with Gasteiger partial charge in [-0.2, -0.15) is 5.10 Å². The molecule has 0 radical (unpaired) electrons. The molecule has 4 aromatic rings. The van der Waals surface area contributed by atoms with Gasteiger partial charge >= 0.3 is 5.13 Å². The minimum atomic E-state index is 0. The largest absolute Gasteiger partial charge is 1.00 e. The number of hydrogen-bond donors (Lipinski definition) is 2. The van der Waals surface area contributed by atoms with Crippen molar-refractivity contribution in [3.05, 3.63) is 76.6 Å². The van der Waals surface area contributed by atoms with Gasteiger partial charge in [-0.3, -0.25) is 5.10 Å². The summed E-state index contributed by atoms with van der Waals surface area (Å²) < 4.78 is 3.37. The second-order valence-electron chi connectivity index (χ2n) is 5.76. The number of thiazole rings is 1. The quantitative estimate of drug-likeness (QED) is 0.390. The number of aromatic nitrogens is 4. The van der Waals surface area contributed by atoms with Gasteiger partial charge < -0.3 is 17.0 Å². The molecule has 27 heavy (non-hydrogen) atoms. The van der Waals surface area contributed by atoms with Crippen molar-refractivity contribution in [3.63, 3.8) is 0 Å². The van der Waals surface area contributed by atoms with E-state index in [1.807, 2.05) is 18.2 Å². The zero-order valence-electron chi connectivity index (χ0n) is 14.3. The summed E-state index contributed by atoms with van der Waals surface area (Å²) in [7, 11) is 0. The molecule has 0 spiro atoms. The molecule has 2 heterocycles. The van der Waals surface area contributed by atoms with Gasteiger partial charge in [-0.05, 0) is 36.4 Å². The predicted octanol–water partition coefficient (Wildman–Crippen LogP) is 1.57. The molecule has 5 nitrogen and oxygen atoms in total. The van der Waals surface area contributed by atoms with E-state index in [0.29, 0.717) is 0 Å². The van der Waals surface area contributed by atoms with Gasteiger partial charge in [0.25, 0.3) is 0 Å². The number of hydrogen-bond acceptors (Lipinski definition) is 4. The molecule has 138 valence electrons. The molecule has 0 aliphatic rings. The summed E-state index contributed by atoms with van der Waals surface area (Å²) >= 11 is 5.21. The standard InChI is InChI=1S/C19H16BrN5S.BrH/c20-15-8-6-14(7-9-15)17-12-26-19(23-16-4-2-1-3-5-16)25(17)11-10-18-21-13-22-24-18;/h1-9,12-13H,10-11H2,(H,21,22,24);1H. The number of para-hydroxylation sites is 1. The van der Waals surface area contributed by atoms with Crippen molar-refractivity contribution in [1.29, 1.82) is 0 Å². The first-order chi connectivity index (χ1) is 12.8. The Morgan fingerprint density at radius 3 is 2.56 bits per heavy atom. The Balaban J connectivity index is 0.00000210. The van der Waals surface area contributed by atoms with Crippen LogP contribution in [0.4, 0.5) is 10.8 Å². The molecule has 4 rings (SSSR count). The van der Waals surface area contributed by atoms with E-state index in [0.717, 1.165) is 34.1 Å². The van der Waals surface area contributed by atoms with E-state index in [4.69, 9.17) is 0 Å². The molecule has 8 heteroatoms. The number of nitrogens with zero attached hydrogens (tertiary/aromatic N) is 3. The van der Waals surface area contributed by atoms with Crippen LogP contribution in [0.1, 0.15) is 5.82 Å². The summed E-state index contributed by atoms with van der Waals surface area (Å²) in [5.41, 5.74) is 3.44. The van der Waals surface area contributed by atoms with Crippen LogP contribution >= 0.6 is 27.3 Å². The third kappa shape index (κ3) is 4.82. The zero-order valence-corrected chi connectivity index (χ0v) is 18.3. The fraction of sp³-hybridized carbons (Fsp3) is 0.105. The van der Waals surface area contributed by atoms with Crippen molar-refractivity contribution in [2.45, 2.75) is 13.0 Å². The number of benzene rings is 2. The summed E-state index contributed by atoms with van der Waals surface area (Å²) in [6.07, 6.45) is 2.33. The fourth-order valence-electron chi connectivity index (χ4n) is 2.73. The van der Waals surface area contributed by atoms with Gasteiger partial charge in [-0.15, -0.1) is 0 Å². The van der Waals surface area contributed by atoms with Crippen molar-refractivity contribution in [1.82, 2.24) is 15.2 Å². The van der Waals surface area contributed by atoms with Crippen molar-refractivity contribution in [3.8, 4) is 11.3 Å². The first-order valence-corrected chi connectivity index (χ1v) is 9.90. The van der Waals surface area contributed by atoms with Crippen molar-refractivity contribution in [2.24, 2.45) is 0 Å². The van der Waals surface area contributed by atoms with Gasteiger partial charge in [-0.25, -0.2) is 14.9 Å². The Kier molecular flexibility index (Phi) is 6.76. The van der Waals surface area contributed by atoms with Gasteiger partial charge in [0.1, 0.15) is 23.5 Å². The maximum absolute atomic E-state index is 4.24. The van der Waals surface area contributed by atoms with Crippen molar-refractivity contribution < 1.29 is 21.5 Å². The number of halogens is 2. The summed E-state index contributed by atoms with van der Waals surface area (Å²) in [5, 5.41) is 13.7. The predicted molar refractivity (Wildman–Crippen MR) is 107 cm³/mol. The third-order valence-electron chi connectivity index (χ3n) is 4.02. The molecule has 2 aromatic heterocycles. The highest BCUT2D eigenvalue weighted by Gasteiger charge is 2.20. The summed E-state index contributed by atoms with van der Waals surface area (Å²) in [5.74, 6) is 0.885. The van der Waals surface area contributed by atoms with E-state index < -0.39 is 0 Å². The van der Waals surface area contributed by atoms with Crippen LogP contribution < -0.4 is 26.9 Å². The molecular weight excluding hydrogens is 490 g/mol. The van der Waals surface area contributed by atoms with Gasteiger partial charge in [0, 0.05) is 21.8 Å². The summed E-state index contributed by atoms with van der Waals surface area (Å²) in [6.45, 7) is 0.805. The Morgan fingerprint density at radius 1 is 1.07 bits per heavy atom. The van der Waals surface area contributed by atoms with E-state index in [9.17, 15) is 0 Å². The lowest BCUT2D eigenvalue weighted by Gasteiger charge is -2.06. The topological polar surface area (TPSA) is 57.5 Å². The minimum Gasteiger partial charge on any atom is -1.00 e. The Bertz CT molecular complexity index is 969. The van der Waals surface area contributed by atoms with Crippen LogP contribution in [0, 0.1) is 0 Å². The number of anilines is 2. The van der Waals surface area contributed by atoms with E-state index in [2.05, 4.69) is 82.8 Å². The van der Waals surface area contributed by atoms with Crippen LogP contribution in [-0.2, 0) is 13.0 Å². The smallest absolute Gasteiger partial charge is 0.339 e. The molecule has 2 aromatic carbocycles. The highest BCUT2D eigenvalue weighted by Crippen LogP contribution is 2.26. The van der Waals surface area contributed by atoms with Gasteiger partial charge in [0.05, 0.1) is 6.54 Å². The van der Waals surface area contributed by atoms with Crippen LogP contribution in [0.15, 0.2) is 70.8 Å². The molecule has 2 N–H and O–H groups in total. The number of aryl methyl sites for hydroxylation is 1. The van der Waals surface area contributed by atoms with Crippen molar-refractivity contribution in [2.75, 3.05) is 5.32 Å². The molecule has 0 aliphatic carbocycles. The van der Waals surface area contributed by atoms with Crippen LogP contribution in [0.3, 0.4) is 0 Å². The third-order valence-corrected chi connectivity index (χ3v) is 5.44. The molecule has 0 amide bonds. The molecule has 0 atom stereocenters. The normalized spacial score (nSPS) is 10.4. The lowest BCUT2D eigenvalue weighted by Crippen LogP contribution is -3.00. The number of nitrogens with one attached hydrogen (secondary N) is 2. The first-order valence-electron chi connectivity index (χ1n) is 8.23. The lowest BCUT2D eigenvalue weighted by molar-refractivity contribution is -0.667. The van der Waals surface area contributed by atoms with Crippen LogP contribution in [0.25, 0.3) is 11.3 Å². The average molecular weight is 507 g/mol. The van der Waals surface area contributed by atoms with E-state index in [1.54, 1.807) is 17.7 Å². The van der Waals surface area contributed by atoms with E-state index in [1.165, 1.54) is 11.3 Å². The maximum atomic E-state index is 4.24. The molecule has 0 saturated heterocycles. The Hall–Kier alpha value is -2.03. The van der Waals surface area contributed by atoms with Crippen LogP contribution in [-0.4, -0.2) is 15.2 Å². The van der Waals surface area contributed by atoms with Crippen molar-refractivity contribution >= 4 is 38.1 Å². The zero-order chi connectivity index (χ0) is 17.8. The van der Waals surface area contributed by atoms with Gasteiger partial charge in [0.15, 0.2) is 0 Å². The van der Waals surface area contributed by atoms with Gasteiger partial charge in [0.2, 0.25) is 0 Å². The molecular formula is C19H17Br2N5S. The number of rotatable bonds is 6. The van der Waals surface area contributed by atoms with E-state index >= 15 is 0 Å². The van der Waals surface area contributed by atoms with Crippen LogP contribution in [0.5, 0.6) is 0 Å². The molecule has 0 bridgehead atoms. The molecule has 0 fully saturated rings. The lowest BCUT2D eigenvalue weighted by atomic mass is 10.2. The number of H-pyrrole nitrogens is 1. The summed E-state index contributed by atoms with van der Waals surface area (Å²) in [6, 6.07) is 18.6. The average Bonchev–Trinajstić information content (AvgIpc) is 3.32. The highest BCUT2D eigenvalue weighted by atomic mass is 79.9. The molecule has 0 saturated carbocycles. The molecule has 0 unspecified atom stereocenters. The fourth-order valence-corrected chi connectivity index (χ4v) is 3.97. The number of aromatic amines is 1. The Morgan fingerprint density at radius 2 is 1.85 bits per heavy atom. The van der Waals surface area contributed by atoms with Gasteiger partial charge in [-0.1, -0.05) is 45.5 Å². The monoisotopic (exact) mass is 505 g/mol. The second kappa shape index (κ2) is 9.25. The minimum absolute atomic E-state index is 0.